The molecule has 0 bridgehead atoms. The molecule has 3 aromatic rings. The zero-order valence-electron chi connectivity index (χ0n) is 18.5. The van der Waals surface area contributed by atoms with Gasteiger partial charge in [0.05, 0.1) is 11.7 Å². The van der Waals surface area contributed by atoms with E-state index in [-0.39, 0.29) is 18.4 Å². The number of halogens is 2. The number of para-hydroxylation sites is 1. The van der Waals surface area contributed by atoms with E-state index in [0.717, 1.165) is 5.56 Å². The molecule has 9 heteroatoms. The molecule has 4 rings (SSSR count). The normalized spacial score (nSPS) is 14.9. The van der Waals surface area contributed by atoms with Crippen molar-refractivity contribution in [2.24, 2.45) is 0 Å². The molecule has 34 heavy (non-hydrogen) atoms. The van der Waals surface area contributed by atoms with Crippen molar-refractivity contribution in [2.45, 2.75) is 6.04 Å². The summed E-state index contributed by atoms with van der Waals surface area (Å²) in [5, 5.41) is 5.15. The van der Waals surface area contributed by atoms with Crippen molar-refractivity contribution < 1.29 is 18.4 Å². The summed E-state index contributed by atoms with van der Waals surface area (Å²) in [6.45, 7) is 2.73. The van der Waals surface area contributed by atoms with Gasteiger partial charge in [-0.3, -0.25) is 19.5 Å². The fourth-order valence-electron chi connectivity index (χ4n) is 4.00. The molecule has 0 spiro atoms. The lowest BCUT2D eigenvalue weighted by molar-refractivity contribution is -0.136. The number of hydrogen-bond donors (Lipinski definition) is 2. The summed E-state index contributed by atoms with van der Waals surface area (Å²) >= 11 is 0. The fourth-order valence-corrected chi connectivity index (χ4v) is 4.00. The van der Waals surface area contributed by atoms with Crippen molar-refractivity contribution in [3.05, 3.63) is 90.3 Å². The topological polar surface area (TPSA) is 77.6 Å². The van der Waals surface area contributed by atoms with E-state index in [1.807, 2.05) is 23.1 Å². The highest BCUT2D eigenvalue weighted by atomic mass is 19.1. The number of benzene rings is 2. The van der Waals surface area contributed by atoms with Crippen LogP contribution in [0.4, 0.5) is 20.2 Å². The fraction of sp³-hybridized carbons (Fsp3) is 0.240. The lowest BCUT2D eigenvalue weighted by atomic mass is 10.1. The van der Waals surface area contributed by atoms with Crippen LogP contribution in [-0.2, 0) is 9.59 Å². The number of nitrogens with one attached hydrogen (secondary N) is 2. The van der Waals surface area contributed by atoms with Gasteiger partial charge in [0.15, 0.2) is 0 Å². The Morgan fingerprint density at radius 3 is 2.32 bits per heavy atom. The van der Waals surface area contributed by atoms with Crippen molar-refractivity contribution in [1.82, 2.24) is 15.2 Å². The molecule has 176 valence electrons. The molecule has 1 aliphatic rings. The third-order valence-electron chi connectivity index (χ3n) is 5.78. The first kappa shape index (κ1) is 23.3. The zero-order valence-corrected chi connectivity index (χ0v) is 18.5. The van der Waals surface area contributed by atoms with Gasteiger partial charge in [-0.15, -0.1) is 0 Å². The highest BCUT2D eigenvalue weighted by Crippen LogP contribution is 2.25. The Labute approximate surface area is 196 Å². The average molecular weight is 466 g/mol. The molecule has 7 nitrogen and oxygen atoms in total. The van der Waals surface area contributed by atoms with Gasteiger partial charge >= 0.3 is 11.8 Å². The Bertz CT molecular complexity index is 1120. The monoisotopic (exact) mass is 465 g/mol. The minimum atomic E-state index is -0.832. The number of hydrogen-bond acceptors (Lipinski definition) is 5. The largest absolute Gasteiger partial charge is 0.367 e. The Kier molecular flexibility index (Phi) is 7.44. The molecule has 2 aromatic carbocycles. The maximum absolute atomic E-state index is 14.2. The molecular formula is C25H25F2N5O2. The summed E-state index contributed by atoms with van der Waals surface area (Å²) in [6, 6.07) is 15.4. The predicted octanol–water partition coefficient (Wildman–Crippen LogP) is 2.98. The van der Waals surface area contributed by atoms with Crippen LogP contribution in [0.25, 0.3) is 0 Å². The SMILES string of the molecule is O=C(NC[C@@H](c1cccnc1)N1CCN(c2ccccc2F)CC1)C(=O)Nc1ccc(F)cc1. The second-order valence-electron chi connectivity index (χ2n) is 7.95. The van der Waals surface area contributed by atoms with Gasteiger partial charge in [0, 0.05) is 50.8 Å². The van der Waals surface area contributed by atoms with Crippen LogP contribution in [0.15, 0.2) is 73.1 Å². The summed E-state index contributed by atoms with van der Waals surface area (Å²) in [5.41, 5.74) is 1.81. The summed E-state index contributed by atoms with van der Waals surface area (Å²) in [5.74, 6) is -2.31. The molecule has 0 unspecified atom stereocenters. The third kappa shape index (κ3) is 5.74. The maximum atomic E-state index is 14.2. The number of aromatic nitrogens is 1. The van der Waals surface area contributed by atoms with E-state index in [2.05, 4.69) is 20.5 Å². The van der Waals surface area contributed by atoms with Crippen molar-refractivity contribution in [1.29, 1.82) is 0 Å². The molecule has 2 heterocycles. The van der Waals surface area contributed by atoms with Crippen LogP contribution in [0.5, 0.6) is 0 Å². The van der Waals surface area contributed by atoms with Crippen molar-refractivity contribution in [2.75, 3.05) is 42.9 Å². The van der Waals surface area contributed by atoms with Crippen molar-refractivity contribution >= 4 is 23.2 Å². The number of pyridine rings is 1. The summed E-state index contributed by atoms with van der Waals surface area (Å²) in [4.78, 5) is 33.1. The smallest absolute Gasteiger partial charge is 0.313 e. The maximum Gasteiger partial charge on any atom is 0.313 e. The molecule has 1 atom stereocenters. The second kappa shape index (κ2) is 10.8. The van der Waals surface area contributed by atoms with Gasteiger partial charge in [-0.2, -0.15) is 0 Å². The van der Waals surface area contributed by atoms with Gasteiger partial charge in [-0.1, -0.05) is 18.2 Å². The van der Waals surface area contributed by atoms with E-state index < -0.39 is 17.6 Å². The predicted molar refractivity (Wildman–Crippen MR) is 125 cm³/mol. The van der Waals surface area contributed by atoms with Crippen LogP contribution in [0.3, 0.4) is 0 Å². The number of amides is 2. The summed E-state index contributed by atoms with van der Waals surface area (Å²) in [6.07, 6.45) is 3.41. The van der Waals surface area contributed by atoms with Gasteiger partial charge in [-0.25, -0.2) is 8.78 Å². The lowest BCUT2D eigenvalue weighted by Crippen LogP contribution is -2.50. The molecule has 1 saturated heterocycles. The molecule has 0 aliphatic carbocycles. The van der Waals surface area contributed by atoms with E-state index in [0.29, 0.717) is 37.6 Å². The van der Waals surface area contributed by atoms with Crippen LogP contribution in [0.2, 0.25) is 0 Å². The molecule has 1 aliphatic heterocycles. The molecule has 2 amide bonds. The number of anilines is 2. The van der Waals surface area contributed by atoms with E-state index in [4.69, 9.17) is 0 Å². The van der Waals surface area contributed by atoms with Crippen LogP contribution in [0, 0.1) is 11.6 Å². The van der Waals surface area contributed by atoms with E-state index in [1.165, 1.54) is 30.3 Å². The average Bonchev–Trinajstić information content (AvgIpc) is 2.87. The minimum Gasteiger partial charge on any atom is -0.367 e. The van der Waals surface area contributed by atoms with Gasteiger partial charge in [0.2, 0.25) is 0 Å². The van der Waals surface area contributed by atoms with Crippen LogP contribution >= 0.6 is 0 Å². The Hall–Kier alpha value is -3.85. The van der Waals surface area contributed by atoms with E-state index in [1.54, 1.807) is 24.5 Å². The van der Waals surface area contributed by atoms with Gasteiger partial charge in [0.25, 0.3) is 0 Å². The molecule has 0 saturated carbocycles. The van der Waals surface area contributed by atoms with E-state index in [9.17, 15) is 18.4 Å². The molecular weight excluding hydrogens is 440 g/mol. The second-order valence-corrected chi connectivity index (χ2v) is 7.95. The third-order valence-corrected chi connectivity index (χ3v) is 5.78. The van der Waals surface area contributed by atoms with Crippen molar-refractivity contribution in [3.8, 4) is 0 Å². The first-order chi connectivity index (χ1) is 16.5. The Balaban J connectivity index is 1.39. The summed E-state index contributed by atoms with van der Waals surface area (Å²) in [7, 11) is 0. The van der Waals surface area contributed by atoms with Gasteiger partial charge < -0.3 is 15.5 Å². The highest BCUT2D eigenvalue weighted by molar-refractivity contribution is 6.39. The Morgan fingerprint density at radius 2 is 1.65 bits per heavy atom. The zero-order chi connectivity index (χ0) is 23.9. The molecule has 2 N–H and O–H groups in total. The molecule has 1 aromatic heterocycles. The molecule has 1 fully saturated rings. The molecule has 0 radical (unpaired) electrons. The van der Waals surface area contributed by atoms with Crippen LogP contribution < -0.4 is 15.5 Å². The Morgan fingerprint density at radius 1 is 0.912 bits per heavy atom. The number of carbonyl (C=O) groups excluding carboxylic acids is 2. The van der Waals surface area contributed by atoms with Crippen LogP contribution in [-0.4, -0.2) is 54.4 Å². The minimum absolute atomic E-state index is 0.195. The number of nitrogens with zero attached hydrogens (tertiary/aromatic N) is 3. The van der Waals surface area contributed by atoms with E-state index >= 15 is 0 Å². The number of carbonyl (C=O) groups is 2. The summed E-state index contributed by atoms with van der Waals surface area (Å²) < 4.78 is 27.2. The number of piperazine rings is 1. The highest BCUT2D eigenvalue weighted by Gasteiger charge is 2.27. The first-order valence-electron chi connectivity index (χ1n) is 11.0. The first-order valence-corrected chi connectivity index (χ1v) is 11.0. The quantitative estimate of drug-likeness (QED) is 0.548. The van der Waals surface area contributed by atoms with Crippen LogP contribution in [0.1, 0.15) is 11.6 Å². The number of rotatable bonds is 6. The van der Waals surface area contributed by atoms with Gasteiger partial charge in [-0.05, 0) is 48.0 Å². The van der Waals surface area contributed by atoms with Crippen molar-refractivity contribution in [3.63, 3.8) is 0 Å². The lowest BCUT2D eigenvalue weighted by Gasteiger charge is -2.40. The standard InChI is InChI=1S/C25H25F2N5O2/c26-19-7-9-20(10-8-19)30-25(34)24(33)29-17-23(18-4-3-11-28-16-18)32-14-12-31(13-15-32)22-6-2-1-5-21(22)27/h1-11,16,23H,12-15,17H2,(H,29,33)(H,30,34)/t23-/m0/s1. The van der Waals surface area contributed by atoms with Gasteiger partial charge in [0.1, 0.15) is 11.6 Å².